The first-order chi connectivity index (χ1) is 13.5. The Hall–Kier alpha value is -3.18. The first-order valence-electron chi connectivity index (χ1n) is 8.77. The molecule has 0 saturated heterocycles. The lowest BCUT2D eigenvalue weighted by atomic mass is 9.94. The van der Waals surface area contributed by atoms with Crippen molar-refractivity contribution in [3.05, 3.63) is 70.7 Å². The highest BCUT2D eigenvalue weighted by Crippen LogP contribution is 2.37. The summed E-state index contributed by atoms with van der Waals surface area (Å²) in [4.78, 5) is 15.5. The molecule has 1 atom stereocenters. The largest absolute Gasteiger partial charge is 0.407 e. The fraction of sp³-hybridized carbons (Fsp3) is 0.286. The standard InChI is InChI=1S/C21H18F3N3O2/c1-13-4-7-18-15(8-13)11-26-27(18)12-20(2,29)19(28)10-14-5-6-17(25-3)16(9-14)21(22,23)24/h4-9,11,29H,10,12H2,1-2H3/t20-/m0/s1. The Bertz CT molecular complexity index is 1120. The van der Waals surface area contributed by atoms with E-state index in [4.69, 9.17) is 6.57 Å². The lowest BCUT2D eigenvalue weighted by Gasteiger charge is -2.22. The predicted octanol–water partition coefficient (Wildman–Crippen LogP) is 4.48. The second-order valence-corrected chi connectivity index (χ2v) is 7.20. The number of benzene rings is 2. The molecule has 5 nitrogen and oxygen atoms in total. The molecule has 1 N–H and O–H groups in total. The van der Waals surface area contributed by atoms with Crippen LogP contribution in [0.3, 0.4) is 0 Å². The summed E-state index contributed by atoms with van der Waals surface area (Å²) in [5.41, 5.74) is -1.59. The van der Waals surface area contributed by atoms with E-state index in [2.05, 4.69) is 9.94 Å². The molecule has 3 rings (SSSR count). The van der Waals surface area contributed by atoms with E-state index in [0.29, 0.717) is 0 Å². The van der Waals surface area contributed by atoms with E-state index in [0.717, 1.165) is 28.6 Å². The first-order valence-corrected chi connectivity index (χ1v) is 8.77. The smallest absolute Gasteiger partial charge is 0.380 e. The molecular formula is C21H18F3N3O2. The van der Waals surface area contributed by atoms with Crippen molar-refractivity contribution < 1.29 is 23.1 Å². The minimum absolute atomic E-state index is 0.0796. The molecule has 8 heteroatoms. The van der Waals surface area contributed by atoms with Gasteiger partial charge in [0.25, 0.3) is 0 Å². The van der Waals surface area contributed by atoms with Gasteiger partial charge >= 0.3 is 6.18 Å². The quantitative estimate of drug-likeness (QED) is 0.642. The maximum absolute atomic E-state index is 13.1. The van der Waals surface area contributed by atoms with Crippen LogP contribution in [0.5, 0.6) is 0 Å². The molecule has 3 aromatic rings. The van der Waals surface area contributed by atoms with Crippen molar-refractivity contribution in [3.8, 4) is 0 Å². The number of carbonyl (C=O) groups excluding carboxylic acids is 1. The number of aliphatic hydroxyl groups is 1. The molecule has 1 heterocycles. The van der Waals surface area contributed by atoms with E-state index in [1.807, 2.05) is 25.1 Å². The number of alkyl halides is 3. The summed E-state index contributed by atoms with van der Waals surface area (Å²) in [6.45, 7) is 9.99. The molecule has 1 aromatic heterocycles. The van der Waals surface area contributed by atoms with E-state index in [9.17, 15) is 23.1 Å². The number of fused-ring (bicyclic) bond motifs is 1. The number of ketones is 1. The molecule has 150 valence electrons. The summed E-state index contributed by atoms with van der Waals surface area (Å²) < 4.78 is 40.9. The Morgan fingerprint density at radius 2 is 1.97 bits per heavy atom. The fourth-order valence-corrected chi connectivity index (χ4v) is 3.11. The molecule has 0 aliphatic heterocycles. The van der Waals surface area contributed by atoms with Gasteiger partial charge in [0.2, 0.25) is 0 Å². The van der Waals surface area contributed by atoms with Gasteiger partial charge in [0.15, 0.2) is 11.5 Å². The van der Waals surface area contributed by atoms with Gasteiger partial charge in [0, 0.05) is 11.8 Å². The third-order valence-electron chi connectivity index (χ3n) is 4.71. The lowest BCUT2D eigenvalue weighted by Crippen LogP contribution is -2.41. The summed E-state index contributed by atoms with van der Waals surface area (Å²) in [7, 11) is 0. The van der Waals surface area contributed by atoms with Crippen LogP contribution >= 0.6 is 0 Å². The minimum atomic E-state index is -4.70. The Morgan fingerprint density at radius 1 is 1.24 bits per heavy atom. The molecule has 0 radical (unpaired) electrons. The highest BCUT2D eigenvalue weighted by Gasteiger charge is 2.35. The number of hydrogen-bond acceptors (Lipinski definition) is 3. The molecular weight excluding hydrogens is 383 g/mol. The van der Waals surface area contributed by atoms with Crippen LogP contribution in [-0.2, 0) is 23.9 Å². The maximum Gasteiger partial charge on any atom is 0.407 e. The number of nitrogens with zero attached hydrogens (tertiary/aromatic N) is 3. The van der Waals surface area contributed by atoms with Crippen LogP contribution in [0.1, 0.15) is 23.6 Å². The van der Waals surface area contributed by atoms with E-state index in [1.54, 1.807) is 6.20 Å². The molecule has 0 unspecified atom stereocenters. The zero-order valence-corrected chi connectivity index (χ0v) is 15.8. The molecule has 2 aromatic carbocycles. The Morgan fingerprint density at radius 3 is 2.62 bits per heavy atom. The van der Waals surface area contributed by atoms with Crippen LogP contribution in [0.25, 0.3) is 15.7 Å². The van der Waals surface area contributed by atoms with E-state index >= 15 is 0 Å². The third-order valence-corrected chi connectivity index (χ3v) is 4.71. The number of halogens is 3. The van der Waals surface area contributed by atoms with Crippen molar-refractivity contribution in [3.63, 3.8) is 0 Å². The topological polar surface area (TPSA) is 59.5 Å². The van der Waals surface area contributed by atoms with Crippen LogP contribution in [-0.4, -0.2) is 26.3 Å². The summed E-state index contributed by atoms with van der Waals surface area (Å²) in [6.07, 6.45) is -3.47. The van der Waals surface area contributed by atoms with Gasteiger partial charge < -0.3 is 5.11 Å². The van der Waals surface area contributed by atoms with Crippen molar-refractivity contribution in [2.24, 2.45) is 0 Å². The van der Waals surface area contributed by atoms with Gasteiger partial charge in [0.05, 0.1) is 30.4 Å². The van der Waals surface area contributed by atoms with Gasteiger partial charge in [-0.05, 0) is 31.5 Å². The number of Topliss-reactive ketones (excluding diaryl/α,β-unsaturated/α-hetero) is 1. The Balaban J connectivity index is 1.83. The van der Waals surface area contributed by atoms with E-state index in [-0.39, 0.29) is 12.1 Å². The number of rotatable bonds is 5. The van der Waals surface area contributed by atoms with Crippen LogP contribution in [0.2, 0.25) is 0 Å². The van der Waals surface area contributed by atoms with Gasteiger partial charge in [-0.1, -0.05) is 29.8 Å². The maximum atomic E-state index is 13.1. The van der Waals surface area contributed by atoms with E-state index < -0.39 is 35.2 Å². The van der Waals surface area contributed by atoms with Gasteiger partial charge in [-0.15, -0.1) is 0 Å². The van der Waals surface area contributed by atoms with Crippen LogP contribution in [0.15, 0.2) is 42.6 Å². The Labute approximate surface area is 165 Å². The van der Waals surface area contributed by atoms with Crippen LogP contribution < -0.4 is 0 Å². The summed E-state index contributed by atoms with van der Waals surface area (Å²) in [5, 5.41) is 15.7. The molecule has 0 aliphatic carbocycles. The van der Waals surface area contributed by atoms with Gasteiger partial charge in [-0.25, -0.2) is 4.85 Å². The number of hydrogen-bond donors (Lipinski definition) is 1. The Kier molecular flexibility index (Phi) is 5.20. The molecule has 0 spiro atoms. The number of aryl methyl sites for hydroxylation is 1. The zero-order valence-electron chi connectivity index (χ0n) is 15.8. The normalized spacial score (nSPS) is 13.8. The second-order valence-electron chi connectivity index (χ2n) is 7.20. The molecule has 0 bridgehead atoms. The third kappa shape index (κ3) is 4.30. The van der Waals surface area contributed by atoms with Gasteiger partial charge in [0.1, 0.15) is 5.60 Å². The van der Waals surface area contributed by atoms with Crippen molar-refractivity contribution in [2.45, 2.75) is 38.6 Å². The first kappa shape index (κ1) is 20.6. The molecule has 0 fully saturated rings. The second kappa shape index (κ2) is 7.33. The lowest BCUT2D eigenvalue weighted by molar-refractivity contribution is -0.138. The minimum Gasteiger partial charge on any atom is -0.380 e. The van der Waals surface area contributed by atoms with Gasteiger partial charge in [-0.3, -0.25) is 9.48 Å². The van der Waals surface area contributed by atoms with Crippen molar-refractivity contribution in [2.75, 3.05) is 0 Å². The highest BCUT2D eigenvalue weighted by molar-refractivity contribution is 5.89. The molecule has 0 amide bonds. The van der Waals surface area contributed by atoms with Crippen molar-refractivity contribution in [1.29, 1.82) is 0 Å². The van der Waals surface area contributed by atoms with E-state index in [1.165, 1.54) is 17.7 Å². The number of carbonyl (C=O) groups is 1. The summed E-state index contributed by atoms with van der Waals surface area (Å²) in [5.74, 6) is -0.642. The average Bonchev–Trinajstić information content (AvgIpc) is 3.02. The van der Waals surface area contributed by atoms with Crippen LogP contribution in [0, 0.1) is 13.5 Å². The monoisotopic (exact) mass is 401 g/mol. The molecule has 0 saturated carbocycles. The van der Waals surface area contributed by atoms with Gasteiger partial charge in [-0.2, -0.15) is 18.3 Å². The van der Waals surface area contributed by atoms with Crippen molar-refractivity contribution >= 4 is 22.4 Å². The van der Waals surface area contributed by atoms with Crippen LogP contribution in [0.4, 0.5) is 18.9 Å². The number of aromatic nitrogens is 2. The zero-order chi connectivity index (χ0) is 21.4. The fourth-order valence-electron chi connectivity index (χ4n) is 3.11. The predicted molar refractivity (Wildman–Crippen MR) is 102 cm³/mol. The molecule has 0 aliphatic rings. The highest BCUT2D eigenvalue weighted by atomic mass is 19.4. The SMILES string of the molecule is [C-]#[N+]c1ccc(CC(=O)[C@@](C)(O)Cn2ncc3cc(C)ccc32)cc1C(F)(F)F. The summed E-state index contributed by atoms with van der Waals surface area (Å²) >= 11 is 0. The van der Waals surface area contributed by atoms with Crippen molar-refractivity contribution in [1.82, 2.24) is 9.78 Å². The summed E-state index contributed by atoms with van der Waals surface area (Å²) in [6, 6.07) is 8.76. The average molecular weight is 401 g/mol. The molecule has 29 heavy (non-hydrogen) atoms.